The van der Waals surface area contributed by atoms with Crippen LogP contribution in [0.25, 0.3) is 11.0 Å². The SMILES string of the molecule is Cc1cc(S(=O)(=O)n2nnc3ccccc32)c(C(C)C)cc1Br. The number of hydrogen-bond donors (Lipinski definition) is 0. The summed E-state index contributed by atoms with van der Waals surface area (Å²) in [5, 5.41) is 7.81. The Morgan fingerprint density at radius 1 is 1.17 bits per heavy atom. The molecule has 0 fully saturated rings. The van der Waals surface area contributed by atoms with Crippen LogP contribution in [0.3, 0.4) is 0 Å². The minimum Gasteiger partial charge on any atom is -0.199 e. The van der Waals surface area contributed by atoms with Crippen LogP contribution in [0.1, 0.15) is 30.9 Å². The van der Waals surface area contributed by atoms with Gasteiger partial charge in [0.05, 0.1) is 4.90 Å². The number of nitrogens with zero attached hydrogens (tertiary/aromatic N) is 3. The third-order valence-electron chi connectivity index (χ3n) is 3.74. The van der Waals surface area contributed by atoms with Gasteiger partial charge in [-0.05, 0) is 48.2 Å². The second-order valence-corrected chi connectivity index (χ2v) is 8.31. The summed E-state index contributed by atoms with van der Waals surface area (Å²) in [4.78, 5) is 0.267. The van der Waals surface area contributed by atoms with Gasteiger partial charge in [0.1, 0.15) is 11.0 Å². The Hall–Kier alpha value is -1.73. The molecule has 23 heavy (non-hydrogen) atoms. The first-order chi connectivity index (χ1) is 10.8. The number of fused-ring (bicyclic) bond motifs is 1. The van der Waals surface area contributed by atoms with Crippen LogP contribution in [0.4, 0.5) is 0 Å². The molecular formula is C16H16BrN3O2S. The molecule has 3 aromatic rings. The molecule has 0 radical (unpaired) electrons. The van der Waals surface area contributed by atoms with Crippen molar-refractivity contribution in [1.82, 2.24) is 14.4 Å². The summed E-state index contributed by atoms with van der Waals surface area (Å²) in [6, 6.07) is 10.6. The number of para-hydroxylation sites is 1. The summed E-state index contributed by atoms with van der Waals surface area (Å²) in [6.45, 7) is 5.80. The van der Waals surface area contributed by atoms with Gasteiger partial charge in [-0.3, -0.25) is 0 Å². The Balaban J connectivity index is 2.31. The Morgan fingerprint density at radius 2 is 1.87 bits per heavy atom. The van der Waals surface area contributed by atoms with Gasteiger partial charge in [-0.25, -0.2) is 0 Å². The third kappa shape index (κ3) is 2.68. The largest absolute Gasteiger partial charge is 0.285 e. The van der Waals surface area contributed by atoms with E-state index in [9.17, 15) is 8.42 Å². The minimum atomic E-state index is -3.81. The van der Waals surface area contributed by atoms with Crippen LogP contribution in [0, 0.1) is 6.92 Å². The van der Waals surface area contributed by atoms with Gasteiger partial charge in [0.15, 0.2) is 0 Å². The van der Waals surface area contributed by atoms with Crippen LogP contribution in [-0.4, -0.2) is 22.8 Å². The molecule has 0 N–H and O–H groups in total. The Bertz CT molecular complexity index is 994. The number of aromatic nitrogens is 3. The van der Waals surface area contributed by atoms with E-state index in [4.69, 9.17) is 0 Å². The summed E-state index contributed by atoms with van der Waals surface area (Å²) >= 11 is 3.47. The molecule has 1 aromatic heterocycles. The molecule has 0 saturated heterocycles. The van der Waals surface area contributed by atoms with Crippen molar-refractivity contribution in [3.8, 4) is 0 Å². The van der Waals surface area contributed by atoms with Crippen LogP contribution < -0.4 is 0 Å². The molecule has 1 heterocycles. The number of benzene rings is 2. The lowest BCUT2D eigenvalue weighted by molar-refractivity contribution is 0.577. The minimum absolute atomic E-state index is 0.0615. The zero-order valence-corrected chi connectivity index (χ0v) is 15.4. The molecule has 0 saturated carbocycles. The van der Waals surface area contributed by atoms with Crippen molar-refractivity contribution in [2.45, 2.75) is 31.6 Å². The first kappa shape index (κ1) is 16.1. The molecule has 120 valence electrons. The lowest BCUT2D eigenvalue weighted by atomic mass is 10.0. The molecule has 0 bridgehead atoms. The normalized spacial score (nSPS) is 12.2. The lowest BCUT2D eigenvalue weighted by Crippen LogP contribution is -2.17. The van der Waals surface area contributed by atoms with E-state index < -0.39 is 10.0 Å². The van der Waals surface area contributed by atoms with Crippen molar-refractivity contribution in [1.29, 1.82) is 0 Å². The zero-order chi connectivity index (χ0) is 16.8. The van der Waals surface area contributed by atoms with Crippen LogP contribution in [-0.2, 0) is 10.0 Å². The second kappa shape index (κ2) is 5.72. The second-order valence-electron chi connectivity index (χ2n) is 5.72. The summed E-state index contributed by atoms with van der Waals surface area (Å²) in [6.07, 6.45) is 0. The summed E-state index contributed by atoms with van der Waals surface area (Å²) in [5.74, 6) is 0.0615. The van der Waals surface area contributed by atoms with Crippen LogP contribution >= 0.6 is 15.9 Å². The smallest absolute Gasteiger partial charge is 0.199 e. The fraction of sp³-hybridized carbons (Fsp3) is 0.250. The standard InChI is InChI=1S/C16H16BrN3O2S/c1-10(2)12-9-13(17)11(3)8-16(12)23(21,22)20-15-7-5-4-6-14(15)18-19-20/h4-10H,1-3H3. The van der Waals surface area contributed by atoms with Gasteiger partial charge in [0, 0.05) is 4.47 Å². The van der Waals surface area contributed by atoms with Crippen molar-refractivity contribution < 1.29 is 8.42 Å². The molecule has 0 unspecified atom stereocenters. The van der Waals surface area contributed by atoms with E-state index in [-0.39, 0.29) is 10.8 Å². The number of aryl methyl sites for hydroxylation is 1. The fourth-order valence-corrected chi connectivity index (χ4v) is 4.47. The van der Waals surface area contributed by atoms with Gasteiger partial charge in [-0.1, -0.05) is 47.1 Å². The zero-order valence-electron chi connectivity index (χ0n) is 13.0. The van der Waals surface area contributed by atoms with E-state index in [0.717, 1.165) is 19.7 Å². The molecule has 0 aliphatic rings. The molecular weight excluding hydrogens is 378 g/mol. The monoisotopic (exact) mass is 393 g/mol. The first-order valence-corrected chi connectivity index (χ1v) is 9.41. The fourth-order valence-electron chi connectivity index (χ4n) is 2.46. The number of halogens is 1. The molecule has 0 amide bonds. The predicted octanol–water partition coefficient (Wildman–Crippen LogP) is 3.86. The molecule has 5 nitrogen and oxygen atoms in total. The number of rotatable bonds is 3. The highest BCUT2D eigenvalue weighted by Crippen LogP contribution is 2.31. The van der Waals surface area contributed by atoms with Gasteiger partial charge in [0.25, 0.3) is 10.0 Å². The Labute approximate surface area is 143 Å². The van der Waals surface area contributed by atoms with Gasteiger partial charge < -0.3 is 0 Å². The molecule has 0 aliphatic heterocycles. The molecule has 0 aliphatic carbocycles. The maximum atomic E-state index is 13.1. The Morgan fingerprint density at radius 3 is 2.57 bits per heavy atom. The van der Waals surface area contributed by atoms with Crippen LogP contribution in [0.15, 0.2) is 45.8 Å². The molecule has 3 rings (SSSR count). The van der Waals surface area contributed by atoms with Crippen molar-refractivity contribution in [3.05, 3.63) is 52.0 Å². The highest BCUT2D eigenvalue weighted by Gasteiger charge is 2.26. The first-order valence-electron chi connectivity index (χ1n) is 7.18. The van der Waals surface area contributed by atoms with E-state index in [1.54, 1.807) is 30.3 Å². The number of hydrogen-bond acceptors (Lipinski definition) is 4. The predicted molar refractivity (Wildman–Crippen MR) is 93.1 cm³/mol. The van der Waals surface area contributed by atoms with E-state index in [1.165, 1.54) is 0 Å². The summed E-state index contributed by atoms with van der Waals surface area (Å²) in [5.41, 5.74) is 2.64. The van der Waals surface area contributed by atoms with Gasteiger partial charge in [-0.15, -0.1) is 9.19 Å². The summed E-state index contributed by atoms with van der Waals surface area (Å²) in [7, 11) is -3.81. The van der Waals surface area contributed by atoms with Crippen molar-refractivity contribution >= 4 is 37.0 Å². The topological polar surface area (TPSA) is 64.8 Å². The molecule has 0 spiro atoms. The van der Waals surface area contributed by atoms with Gasteiger partial charge >= 0.3 is 0 Å². The lowest BCUT2D eigenvalue weighted by Gasteiger charge is -2.15. The van der Waals surface area contributed by atoms with E-state index in [2.05, 4.69) is 26.2 Å². The third-order valence-corrected chi connectivity index (χ3v) is 6.23. The highest BCUT2D eigenvalue weighted by atomic mass is 79.9. The van der Waals surface area contributed by atoms with E-state index in [1.807, 2.05) is 26.8 Å². The summed E-state index contributed by atoms with van der Waals surface area (Å²) < 4.78 is 28.2. The van der Waals surface area contributed by atoms with E-state index >= 15 is 0 Å². The molecule has 0 atom stereocenters. The maximum Gasteiger partial charge on any atom is 0.285 e. The average molecular weight is 394 g/mol. The Kier molecular flexibility index (Phi) is 4.01. The quantitative estimate of drug-likeness (QED) is 0.677. The van der Waals surface area contributed by atoms with Gasteiger partial charge in [-0.2, -0.15) is 8.42 Å². The van der Waals surface area contributed by atoms with Crippen LogP contribution in [0.5, 0.6) is 0 Å². The maximum absolute atomic E-state index is 13.1. The van der Waals surface area contributed by atoms with E-state index in [0.29, 0.717) is 11.0 Å². The van der Waals surface area contributed by atoms with Crippen molar-refractivity contribution in [2.24, 2.45) is 0 Å². The van der Waals surface area contributed by atoms with Gasteiger partial charge in [0.2, 0.25) is 0 Å². The molecule has 2 aromatic carbocycles. The van der Waals surface area contributed by atoms with Crippen molar-refractivity contribution in [2.75, 3.05) is 0 Å². The highest BCUT2D eigenvalue weighted by molar-refractivity contribution is 9.10. The van der Waals surface area contributed by atoms with Crippen molar-refractivity contribution in [3.63, 3.8) is 0 Å². The molecule has 7 heteroatoms. The van der Waals surface area contributed by atoms with Crippen LogP contribution in [0.2, 0.25) is 0 Å². The average Bonchev–Trinajstić information content (AvgIpc) is 2.94.